The number of pyridine rings is 2. The molecule has 4 aromatic rings. The minimum absolute atomic E-state index is 0.624. The molecule has 5 heterocycles. The van der Waals surface area contributed by atoms with Crippen molar-refractivity contribution in [2.75, 3.05) is 13.1 Å². The van der Waals surface area contributed by atoms with Gasteiger partial charge in [0.15, 0.2) is 0 Å². The first-order valence-electron chi connectivity index (χ1n) is 10.2. The summed E-state index contributed by atoms with van der Waals surface area (Å²) in [4.78, 5) is 26.8. The second-order valence-corrected chi connectivity index (χ2v) is 7.71. The van der Waals surface area contributed by atoms with E-state index in [1.54, 1.807) is 0 Å². The molecule has 7 nitrogen and oxygen atoms in total. The van der Waals surface area contributed by atoms with E-state index in [4.69, 9.17) is 9.90 Å². The number of carboxylic acid groups (broad SMARTS) is 1. The molecule has 3 N–H and O–H groups in total. The Morgan fingerprint density at radius 1 is 1.06 bits per heavy atom. The highest BCUT2D eigenvalue weighted by Gasteiger charge is 2.38. The van der Waals surface area contributed by atoms with E-state index in [0.29, 0.717) is 5.92 Å². The second-order valence-electron chi connectivity index (χ2n) is 7.71. The molecule has 0 unspecified atom stereocenters. The molecular weight excluding hydrogens is 423 g/mol. The number of carbonyl (C=O) groups is 1. The summed E-state index contributed by atoms with van der Waals surface area (Å²) in [7, 11) is 0. The van der Waals surface area contributed by atoms with E-state index in [9.17, 15) is 13.2 Å². The lowest BCUT2D eigenvalue weighted by Crippen LogP contribution is -2.32. The summed E-state index contributed by atoms with van der Waals surface area (Å²) >= 11 is 0. The molecule has 1 fully saturated rings. The predicted molar refractivity (Wildman–Crippen MR) is 113 cm³/mol. The number of rotatable bonds is 3. The van der Waals surface area contributed by atoms with Crippen molar-refractivity contribution in [2.24, 2.45) is 0 Å². The summed E-state index contributed by atoms with van der Waals surface area (Å²) in [6, 6.07) is 8.48. The van der Waals surface area contributed by atoms with Crippen LogP contribution in [0.2, 0.25) is 0 Å². The average Bonchev–Trinajstić information content (AvgIpc) is 3.42. The number of halogens is 3. The van der Waals surface area contributed by atoms with E-state index in [1.807, 2.05) is 24.7 Å². The highest BCUT2D eigenvalue weighted by Crippen LogP contribution is 2.33. The number of carboxylic acids is 1. The molecule has 10 heteroatoms. The molecule has 1 saturated heterocycles. The molecule has 1 aliphatic rings. The Kier molecular flexibility index (Phi) is 6.13. The van der Waals surface area contributed by atoms with Gasteiger partial charge in [-0.3, -0.25) is 4.90 Å². The summed E-state index contributed by atoms with van der Waals surface area (Å²) in [6.45, 7) is 3.26. The molecule has 5 rings (SSSR count). The van der Waals surface area contributed by atoms with Crippen molar-refractivity contribution in [1.82, 2.24) is 24.8 Å². The SMILES string of the molecule is O=C(O)C(F)(F)F.c1cnc2[nH]cc(C3CCN(Cc4ccnc5[nH]ccc45)CC3)c2c1. The number of H-pyrrole nitrogens is 2. The standard InChI is InChI=1S/C20H21N5.C2HF3O2/c1-2-17-18(12-24-20(17)21-7-1)14-5-10-25(11-6-14)13-15-3-8-22-19-16(15)4-9-23-19;3-2(4,5)1(6)7/h1-4,7-9,12,14H,5-6,10-11,13H2,(H,21,24)(H,22,23);(H,6,7). The van der Waals surface area contributed by atoms with Crippen molar-refractivity contribution in [3.05, 3.63) is 60.2 Å². The zero-order valence-corrected chi connectivity index (χ0v) is 17.1. The van der Waals surface area contributed by atoms with Crippen LogP contribution in [0.25, 0.3) is 22.1 Å². The highest BCUT2D eigenvalue weighted by molar-refractivity contribution is 5.80. The van der Waals surface area contributed by atoms with Crippen LogP contribution in [0.5, 0.6) is 0 Å². The highest BCUT2D eigenvalue weighted by atomic mass is 19.4. The number of nitrogens with zero attached hydrogens (tertiary/aromatic N) is 3. The van der Waals surface area contributed by atoms with Gasteiger partial charge in [0.2, 0.25) is 0 Å². The summed E-state index contributed by atoms with van der Waals surface area (Å²) in [5.74, 6) is -2.13. The molecule has 0 aliphatic carbocycles. The number of nitrogens with one attached hydrogen (secondary N) is 2. The maximum Gasteiger partial charge on any atom is 0.490 e. The lowest BCUT2D eigenvalue weighted by molar-refractivity contribution is -0.192. The zero-order chi connectivity index (χ0) is 22.7. The number of piperidine rings is 1. The number of alkyl halides is 3. The van der Waals surface area contributed by atoms with Gasteiger partial charge >= 0.3 is 12.1 Å². The van der Waals surface area contributed by atoms with E-state index in [0.717, 1.165) is 30.9 Å². The van der Waals surface area contributed by atoms with E-state index in [2.05, 4.69) is 49.2 Å². The van der Waals surface area contributed by atoms with Gasteiger partial charge in [0.05, 0.1) is 0 Å². The maximum absolute atomic E-state index is 10.6. The van der Waals surface area contributed by atoms with Crippen LogP contribution < -0.4 is 0 Å². The smallest absolute Gasteiger partial charge is 0.475 e. The van der Waals surface area contributed by atoms with Gasteiger partial charge in [-0.2, -0.15) is 13.2 Å². The molecule has 32 heavy (non-hydrogen) atoms. The first-order chi connectivity index (χ1) is 15.3. The monoisotopic (exact) mass is 445 g/mol. The van der Waals surface area contributed by atoms with Gasteiger partial charge in [-0.25, -0.2) is 14.8 Å². The number of likely N-dealkylation sites (tertiary alicyclic amines) is 1. The van der Waals surface area contributed by atoms with Crippen LogP contribution >= 0.6 is 0 Å². The first kappa shape index (κ1) is 21.8. The minimum Gasteiger partial charge on any atom is -0.475 e. The number of hydrogen-bond acceptors (Lipinski definition) is 4. The van der Waals surface area contributed by atoms with Gasteiger partial charge in [-0.1, -0.05) is 0 Å². The Morgan fingerprint density at radius 2 is 1.75 bits per heavy atom. The van der Waals surface area contributed by atoms with Gasteiger partial charge in [0.1, 0.15) is 11.3 Å². The fraction of sp³-hybridized carbons (Fsp3) is 0.318. The summed E-state index contributed by atoms with van der Waals surface area (Å²) in [5.41, 5.74) is 4.78. The van der Waals surface area contributed by atoms with Crippen LogP contribution in [0.4, 0.5) is 13.2 Å². The fourth-order valence-electron chi connectivity index (χ4n) is 4.11. The molecule has 0 amide bonds. The van der Waals surface area contributed by atoms with Crippen LogP contribution in [0.3, 0.4) is 0 Å². The first-order valence-corrected chi connectivity index (χ1v) is 10.2. The lowest BCUT2D eigenvalue weighted by atomic mass is 9.89. The molecular formula is C22H22F3N5O2. The Hall–Kier alpha value is -3.40. The molecule has 4 aromatic heterocycles. The molecule has 0 bridgehead atoms. The van der Waals surface area contributed by atoms with Gasteiger partial charge in [0, 0.05) is 42.1 Å². The van der Waals surface area contributed by atoms with Crippen LogP contribution in [-0.2, 0) is 11.3 Å². The van der Waals surface area contributed by atoms with Crippen LogP contribution in [0.15, 0.2) is 49.1 Å². The average molecular weight is 445 g/mol. The molecule has 0 saturated carbocycles. The molecule has 0 aromatic carbocycles. The van der Waals surface area contributed by atoms with Crippen LogP contribution in [0.1, 0.15) is 29.9 Å². The van der Waals surface area contributed by atoms with E-state index in [1.165, 1.54) is 34.7 Å². The van der Waals surface area contributed by atoms with E-state index >= 15 is 0 Å². The predicted octanol–water partition coefficient (Wildman–Crippen LogP) is 4.45. The second kappa shape index (κ2) is 8.99. The molecule has 1 aliphatic heterocycles. The molecule has 0 atom stereocenters. The Labute approximate surface area is 181 Å². The number of aromatic amines is 2. The third kappa shape index (κ3) is 4.75. The fourth-order valence-corrected chi connectivity index (χ4v) is 4.11. The van der Waals surface area contributed by atoms with E-state index < -0.39 is 12.1 Å². The minimum atomic E-state index is -5.08. The van der Waals surface area contributed by atoms with Gasteiger partial charge in [-0.15, -0.1) is 0 Å². The Bertz CT molecular complexity index is 1210. The van der Waals surface area contributed by atoms with E-state index in [-0.39, 0.29) is 0 Å². The Morgan fingerprint density at radius 3 is 2.47 bits per heavy atom. The summed E-state index contributed by atoms with van der Waals surface area (Å²) < 4.78 is 31.7. The quantitative estimate of drug-likeness (QED) is 0.433. The van der Waals surface area contributed by atoms with Crippen molar-refractivity contribution in [2.45, 2.75) is 31.5 Å². The van der Waals surface area contributed by atoms with Crippen molar-refractivity contribution >= 4 is 28.0 Å². The normalized spacial score (nSPS) is 15.6. The third-order valence-electron chi connectivity index (χ3n) is 5.70. The lowest BCUT2D eigenvalue weighted by Gasteiger charge is -2.32. The topological polar surface area (TPSA) is 97.9 Å². The summed E-state index contributed by atoms with van der Waals surface area (Å²) in [5, 5.41) is 9.65. The van der Waals surface area contributed by atoms with Crippen LogP contribution in [-0.4, -0.2) is 55.2 Å². The maximum atomic E-state index is 10.6. The molecule has 0 spiro atoms. The van der Waals surface area contributed by atoms with Gasteiger partial charge in [-0.05, 0) is 67.2 Å². The third-order valence-corrected chi connectivity index (χ3v) is 5.70. The van der Waals surface area contributed by atoms with Gasteiger partial charge < -0.3 is 15.1 Å². The summed E-state index contributed by atoms with van der Waals surface area (Å²) in [6.07, 6.45) is 5.19. The van der Waals surface area contributed by atoms with Crippen molar-refractivity contribution in [3.8, 4) is 0 Å². The van der Waals surface area contributed by atoms with Crippen molar-refractivity contribution < 1.29 is 23.1 Å². The molecule has 0 radical (unpaired) electrons. The van der Waals surface area contributed by atoms with Gasteiger partial charge in [0.25, 0.3) is 0 Å². The molecule has 168 valence electrons. The number of fused-ring (bicyclic) bond motifs is 2. The zero-order valence-electron chi connectivity index (χ0n) is 17.1. The Balaban J connectivity index is 0.000000307. The largest absolute Gasteiger partial charge is 0.490 e. The number of aliphatic carboxylic acids is 1. The van der Waals surface area contributed by atoms with Crippen LogP contribution in [0, 0.1) is 0 Å². The number of hydrogen-bond donors (Lipinski definition) is 3. The van der Waals surface area contributed by atoms with Crippen molar-refractivity contribution in [1.29, 1.82) is 0 Å². The number of aromatic nitrogens is 4. The van der Waals surface area contributed by atoms with Crippen molar-refractivity contribution in [3.63, 3.8) is 0 Å².